The first-order chi connectivity index (χ1) is 17.7. The van der Waals surface area contributed by atoms with Crippen molar-refractivity contribution >= 4 is 23.7 Å². The molecule has 214 valence electrons. The number of aliphatic carboxylic acids is 1. The Hall–Kier alpha value is -2.98. The third-order valence-electron chi connectivity index (χ3n) is 6.48. The van der Waals surface area contributed by atoms with E-state index in [1.807, 2.05) is 27.7 Å². The Morgan fingerprint density at radius 2 is 1.32 bits per heavy atom. The highest BCUT2D eigenvalue weighted by Gasteiger charge is 2.30. The van der Waals surface area contributed by atoms with Gasteiger partial charge in [0.25, 0.3) is 11.8 Å². The normalized spacial score (nSPS) is 15.5. The number of carboxylic acid groups (broad SMARTS) is 1. The fourth-order valence-electron chi connectivity index (χ4n) is 3.99. The van der Waals surface area contributed by atoms with Crippen LogP contribution in [-0.4, -0.2) is 69.8 Å². The number of hydrogen-bond acceptors (Lipinski definition) is 6. The number of carbonyl (C=O) groups excluding carboxylic acids is 3. The first-order valence-corrected chi connectivity index (χ1v) is 13.2. The standard InChI is InChI=1S/C28H45N3O7/c1-15(2)11-21(23(33)12-18(7)25(34)31-24(17(5)6)28(37)38)29-26(35)19-9-8-10-20(13-19)27(36)30-22(14-32)16(3)4/h8-10,13,15-18,21-24,32-33H,11-12,14H2,1-7H3,(H,29,35)(H,30,36)(H,31,34)(H,37,38)/t18-,21+,22?,23?,24+/m1/s1. The fraction of sp³-hybridized carbons (Fsp3) is 0.643. The van der Waals surface area contributed by atoms with Crippen LogP contribution in [0, 0.1) is 23.7 Å². The van der Waals surface area contributed by atoms with Crippen molar-refractivity contribution in [3.63, 3.8) is 0 Å². The zero-order valence-corrected chi connectivity index (χ0v) is 23.5. The predicted molar refractivity (Wildman–Crippen MR) is 145 cm³/mol. The van der Waals surface area contributed by atoms with Crippen LogP contribution in [0.25, 0.3) is 0 Å². The Kier molecular flexibility index (Phi) is 13.4. The fourth-order valence-corrected chi connectivity index (χ4v) is 3.99. The average Bonchev–Trinajstić information content (AvgIpc) is 2.83. The maximum atomic E-state index is 13.1. The molecule has 6 N–H and O–H groups in total. The molecule has 0 aliphatic rings. The summed E-state index contributed by atoms with van der Waals surface area (Å²) in [5.74, 6) is -3.34. The van der Waals surface area contributed by atoms with Crippen LogP contribution in [0.5, 0.6) is 0 Å². The van der Waals surface area contributed by atoms with E-state index in [0.29, 0.717) is 6.42 Å². The van der Waals surface area contributed by atoms with Crippen LogP contribution in [0.4, 0.5) is 0 Å². The molecule has 38 heavy (non-hydrogen) atoms. The summed E-state index contributed by atoms with van der Waals surface area (Å²) in [4.78, 5) is 49.7. The number of amides is 3. The highest BCUT2D eigenvalue weighted by Crippen LogP contribution is 2.17. The van der Waals surface area contributed by atoms with Crippen LogP contribution in [0.3, 0.4) is 0 Å². The number of benzene rings is 1. The molecule has 5 atom stereocenters. The molecule has 10 heteroatoms. The molecule has 0 spiro atoms. The second kappa shape index (κ2) is 15.4. The highest BCUT2D eigenvalue weighted by molar-refractivity contribution is 5.99. The predicted octanol–water partition coefficient (Wildman–Crippen LogP) is 2.19. The lowest BCUT2D eigenvalue weighted by molar-refractivity contribution is -0.143. The van der Waals surface area contributed by atoms with Crippen molar-refractivity contribution in [3.05, 3.63) is 35.4 Å². The van der Waals surface area contributed by atoms with Gasteiger partial charge in [0.1, 0.15) is 6.04 Å². The summed E-state index contributed by atoms with van der Waals surface area (Å²) in [5.41, 5.74) is 0.497. The van der Waals surface area contributed by atoms with E-state index in [-0.39, 0.29) is 41.9 Å². The largest absolute Gasteiger partial charge is 0.480 e. The van der Waals surface area contributed by atoms with Crippen molar-refractivity contribution in [1.29, 1.82) is 0 Å². The van der Waals surface area contributed by atoms with Gasteiger partial charge in [-0.25, -0.2) is 4.79 Å². The number of carbonyl (C=O) groups is 4. The molecule has 0 saturated carbocycles. The number of rotatable bonds is 15. The molecule has 0 aliphatic carbocycles. The molecule has 0 aromatic heterocycles. The third-order valence-corrected chi connectivity index (χ3v) is 6.48. The van der Waals surface area contributed by atoms with Crippen molar-refractivity contribution < 1.29 is 34.5 Å². The van der Waals surface area contributed by atoms with Crippen molar-refractivity contribution in [2.45, 2.75) is 85.5 Å². The smallest absolute Gasteiger partial charge is 0.326 e. The van der Waals surface area contributed by atoms with Gasteiger partial charge in [0.15, 0.2) is 0 Å². The van der Waals surface area contributed by atoms with E-state index in [4.69, 9.17) is 0 Å². The van der Waals surface area contributed by atoms with Crippen LogP contribution in [-0.2, 0) is 9.59 Å². The molecular weight excluding hydrogens is 490 g/mol. The van der Waals surface area contributed by atoms with Gasteiger partial charge in [-0.1, -0.05) is 54.5 Å². The Bertz CT molecular complexity index is 948. The topological polar surface area (TPSA) is 165 Å². The molecule has 10 nitrogen and oxygen atoms in total. The van der Waals surface area contributed by atoms with E-state index in [1.165, 1.54) is 6.07 Å². The molecule has 0 saturated heterocycles. The zero-order chi connectivity index (χ0) is 29.2. The van der Waals surface area contributed by atoms with Crippen LogP contribution >= 0.6 is 0 Å². The molecule has 0 radical (unpaired) electrons. The van der Waals surface area contributed by atoms with Crippen LogP contribution in [0.1, 0.15) is 82.0 Å². The molecule has 3 amide bonds. The van der Waals surface area contributed by atoms with Gasteiger partial charge < -0.3 is 31.3 Å². The molecule has 2 unspecified atom stereocenters. The Morgan fingerprint density at radius 1 is 0.789 bits per heavy atom. The second-order valence-corrected chi connectivity index (χ2v) is 11.1. The van der Waals surface area contributed by atoms with Crippen LogP contribution in [0.15, 0.2) is 24.3 Å². The Balaban J connectivity index is 2.96. The number of hydrogen-bond donors (Lipinski definition) is 6. The van der Waals surface area contributed by atoms with E-state index in [0.717, 1.165) is 0 Å². The van der Waals surface area contributed by atoms with Gasteiger partial charge in [-0.15, -0.1) is 0 Å². The minimum Gasteiger partial charge on any atom is -0.480 e. The molecule has 0 bridgehead atoms. The summed E-state index contributed by atoms with van der Waals surface area (Å²) in [6.07, 6.45) is -0.599. The van der Waals surface area contributed by atoms with Gasteiger partial charge in [0.2, 0.25) is 5.91 Å². The molecule has 1 aromatic rings. The summed E-state index contributed by atoms with van der Waals surface area (Å²) in [5, 5.41) is 37.9. The molecule has 1 aromatic carbocycles. The maximum Gasteiger partial charge on any atom is 0.326 e. The van der Waals surface area contributed by atoms with Crippen molar-refractivity contribution in [2.75, 3.05) is 6.61 Å². The van der Waals surface area contributed by atoms with Gasteiger partial charge in [-0.3, -0.25) is 14.4 Å². The summed E-state index contributed by atoms with van der Waals surface area (Å²) in [6, 6.07) is 4.04. The highest BCUT2D eigenvalue weighted by atomic mass is 16.4. The SMILES string of the molecule is CC(C)C[C@H](NC(=O)c1cccc(C(=O)NC(CO)C(C)C)c1)C(O)C[C@@H](C)C(=O)N[C@H](C(=O)O)C(C)C. The summed E-state index contributed by atoms with van der Waals surface area (Å²) < 4.78 is 0. The van der Waals surface area contributed by atoms with E-state index in [9.17, 15) is 34.5 Å². The van der Waals surface area contributed by atoms with Gasteiger partial charge in [0, 0.05) is 17.0 Å². The van der Waals surface area contributed by atoms with Crippen molar-refractivity contribution in [3.8, 4) is 0 Å². The van der Waals surface area contributed by atoms with E-state index < -0.39 is 53.8 Å². The van der Waals surface area contributed by atoms with Crippen molar-refractivity contribution in [1.82, 2.24) is 16.0 Å². The first-order valence-electron chi connectivity index (χ1n) is 13.2. The number of nitrogens with one attached hydrogen (secondary N) is 3. The molecule has 0 aliphatic heterocycles. The van der Waals surface area contributed by atoms with Crippen LogP contribution < -0.4 is 16.0 Å². The van der Waals surface area contributed by atoms with Gasteiger partial charge in [0.05, 0.1) is 24.8 Å². The summed E-state index contributed by atoms with van der Waals surface area (Å²) in [7, 11) is 0. The minimum absolute atomic E-state index is 0.0220. The zero-order valence-electron chi connectivity index (χ0n) is 23.5. The van der Waals surface area contributed by atoms with E-state index >= 15 is 0 Å². The number of aliphatic hydroxyl groups is 2. The number of aliphatic hydroxyl groups excluding tert-OH is 2. The van der Waals surface area contributed by atoms with Gasteiger partial charge in [-0.2, -0.15) is 0 Å². The number of carboxylic acids is 1. The van der Waals surface area contributed by atoms with E-state index in [1.54, 1.807) is 39.0 Å². The van der Waals surface area contributed by atoms with E-state index in [2.05, 4.69) is 16.0 Å². The summed E-state index contributed by atoms with van der Waals surface area (Å²) in [6.45, 7) is 12.4. The third kappa shape index (κ3) is 10.4. The monoisotopic (exact) mass is 535 g/mol. The first kappa shape index (κ1) is 33.0. The maximum absolute atomic E-state index is 13.1. The average molecular weight is 536 g/mol. The lowest BCUT2D eigenvalue weighted by atomic mass is 9.91. The minimum atomic E-state index is -1.13. The lowest BCUT2D eigenvalue weighted by Gasteiger charge is -2.28. The molecule has 1 rings (SSSR count). The Morgan fingerprint density at radius 3 is 1.74 bits per heavy atom. The van der Waals surface area contributed by atoms with Gasteiger partial charge in [-0.05, 0) is 48.8 Å². The van der Waals surface area contributed by atoms with Gasteiger partial charge >= 0.3 is 5.97 Å². The van der Waals surface area contributed by atoms with Crippen LogP contribution in [0.2, 0.25) is 0 Å². The van der Waals surface area contributed by atoms with Crippen molar-refractivity contribution in [2.24, 2.45) is 23.7 Å². The molecular formula is C28H45N3O7. The quantitative estimate of drug-likeness (QED) is 0.200. The second-order valence-electron chi connectivity index (χ2n) is 11.1. The lowest BCUT2D eigenvalue weighted by Crippen LogP contribution is -2.48. The molecule has 0 heterocycles. The molecule has 0 fully saturated rings. The summed E-state index contributed by atoms with van der Waals surface area (Å²) >= 11 is 0. The Labute approximate surface area is 225 Å².